The van der Waals surface area contributed by atoms with E-state index in [2.05, 4.69) is 20.8 Å². The molecule has 0 unspecified atom stereocenters. The Bertz CT molecular complexity index is 261. The molecule has 0 saturated heterocycles. The van der Waals surface area contributed by atoms with E-state index in [1.54, 1.807) is 0 Å². The van der Waals surface area contributed by atoms with Crippen LogP contribution in [-0.2, 0) is 9.53 Å². The zero-order valence-corrected chi connectivity index (χ0v) is 9.64. The van der Waals surface area contributed by atoms with Crippen molar-refractivity contribution in [3.05, 3.63) is 11.1 Å². The van der Waals surface area contributed by atoms with Crippen molar-refractivity contribution in [2.45, 2.75) is 47.0 Å². The number of allylic oxidation sites excluding steroid dienone is 1. The van der Waals surface area contributed by atoms with E-state index in [9.17, 15) is 4.79 Å². The predicted molar refractivity (Wildman–Crippen MR) is 57.0 cm³/mol. The zero-order valence-electron chi connectivity index (χ0n) is 9.64. The molecule has 2 nitrogen and oxygen atoms in total. The Morgan fingerprint density at radius 2 is 2.14 bits per heavy atom. The van der Waals surface area contributed by atoms with Gasteiger partial charge < -0.3 is 4.74 Å². The minimum atomic E-state index is -0.185. The number of hydrogen-bond donors (Lipinski definition) is 0. The molecule has 0 spiro atoms. The van der Waals surface area contributed by atoms with Gasteiger partial charge in [0.25, 0.3) is 0 Å². The lowest BCUT2D eigenvalue weighted by Gasteiger charge is -2.31. The summed E-state index contributed by atoms with van der Waals surface area (Å²) >= 11 is 0. The van der Waals surface area contributed by atoms with Crippen LogP contribution >= 0.6 is 0 Å². The summed E-state index contributed by atoms with van der Waals surface area (Å²) < 4.78 is 5.02. The first-order valence-electron chi connectivity index (χ1n) is 5.21. The third-order valence-electron chi connectivity index (χ3n) is 2.90. The van der Waals surface area contributed by atoms with Crippen LogP contribution in [0.3, 0.4) is 0 Å². The largest absolute Gasteiger partial charge is 0.461 e. The van der Waals surface area contributed by atoms with E-state index < -0.39 is 0 Å². The summed E-state index contributed by atoms with van der Waals surface area (Å²) in [6.45, 7) is 8.69. The Morgan fingerprint density at radius 3 is 2.64 bits per heavy atom. The van der Waals surface area contributed by atoms with Gasteiger partial charge in [0.15, 0.2) is 0 Å². The van der Waals surface area contributed by atoms with Crippen molar-refractivity contribution in [3.63, 3.8) is 0 Å². The standard InChI is InChI=1S/C12H20O2/c1-9-7-12(3,4)6-5-11(9)8-14-10(2)13/h5-8H2,1-4H3. The monoisotopic (exact) mass is 196 g/mol. The molecule has 0 heterocycles. The summed E-state index contributed by atoms with van der Waals surface area (Å²) in [6.07, 6.45) is 3.40. The summed E-state index contributed by atoms with van der Waals surface area (Å²) in [5.74, 6) is -0.185. The van der Waals surface area contributed by atoms with Gasteiger partial charge >= 0.3 is 5.97 Å². The highest BCUT2D eigenvalue weighted by atomic mass is 16.5. The summed E-state index contributed by atoms with van der Waals surface area (Å²) in [6, 6.07) is 0. The lowest BCUT2D eigenvalue weighted by molar-refractivity contribution is -0.140. The molecule has 0 radical (unpaired) electrons. The average molecular weight is 196 g/mol. The fourth-order valence-electron chi connectivity index (χ4n) is 2.02. The summed E-state index contributed by atoms with van der Waals surface area (Å²) in [5.41, 5.74) is 3.14. The SMILES string of the molecule is CC(=O)OCC1=C(C)CC(C)(C)CC1. The Morgan fingerprint density at radius 1 is 1.50 bits per heavy atom. The number of rotatable bonds is 2. The van der Waals surface area contributed by atoms with Crippen molar-refractivity contribution in [1.29, 1.82) is 0 Å². The van der Waals surface area contributed by atoms with Gasteiger partial charge in [-0.15, -0.1) is 0 Å². The number of esters is 1. The molecule has 0 bridgehead atoms. The maximum absolute atomic E-state index is 10.7. The molecule has 0 aromatic rings. The average Bonchev–Trinajstić information content (AvgIpc) is 2.00. The second-order valence-corrected chi connectivity index (χ2v) is 5.01. The summed E-state index contributed by atoms with van der Waals surface area (Å²) in [4.78, 5) is 10.7. The highest BCUT2D eigenvalue weighted by Gasteiger charge is 2.25. The maximum Gasteiger partial charge on any atom is 0.302 e. The molecule has 0 saturated carbocycles. The fraction of sp³-hybridized carbons (Fsp3) is 0.750. The van der Waals surface area contributed by atoms with Crippen molar-refractivity contribution < 1.29 is 9.53 Å². The van der Waals surface area contributed by atoms with Crippen LogP contribution in [-0.4, -0.2) is 12.6 Å². The number of ether oxygens (including phenoxy) is 1. The third kappa shape index (κ3) is 3.17. The molecule has 1 rings (SSSR count). The van der Waals surface area contributed by atoms with Crippen LogP contribution in [0.5, 0.6) is 0 Å². The van der Waals surface area contributed by atoms with Gasteiger partial charge in [0.1, 0.15) is 6.61 Å². The smallest absolute Gasteiger partial charge is 0.302 e. The second kappa shape index (κ2) is 4.16. The first-order valence-corrected chi connectivity index (χ1v) is 5.21. The van der Waals surface area contributed by atoms with E-state index in [-0.39, 0.29) is 5.97 Å². The van der Waals surface area contributed by atoms with Crippen LogP contribution < -0.4 is 0 Å². The molecule has 1 aliphatic carbocycles. The molecule has 14 heavy (non-hydrogen) atoms. The second-order valence-electron chi connectivity index (χ2n) is 5.01. The van der Waals surface area contributed by atoms with Gasteiger partial charge in [0.2, 0.25) is 0 Å². The van der Waals surface area contributed by atoms with Crippen LogP contribution in [0.1, 0.15) is 47.0 Å². The minimum Gasteiger partial charge on any atom is -0.461 e. The molecule has 0 aromatic carbocycles. The van der Waals surface area contributed by atoms with Gasteiger partial charge in [0, 0.05) is 6.92 Å². The zero-order chi connectivity index (χ0) is 10.8. The third-order valence-corrected chi connectivity index (χ3v) is 2.90. The van der Waals surface area contributed by atoms with Crippen LogP contribution in [0, 0.1) is 5.41 Å². The molecule has 0 amide bonds. The Balaban J connectivity index is 2.57. The molecule has 0 aromatic heterocycles. The lowest BCUT2D eigenvalue weighted by atomic mass is 9.75. The Labute approximate surface area is 86.3 Å². The van der Waals surface area contributed by atoms with E-state index in [1.807, 2.05) is 0 Å². The quantitative estimate of drug-likeness (QED) is 0.501. The van der Waals surface area contributed by atoms with E-state index in [1.165, 1.54) is 24.5 Å². The highest BCUT2D eigenvalue weighted by molar-refractivity contribution is 5.66. The van der Waals surface area contributed by atoms with Crippen LogP contribution in [0.4, 0.5) is 0 Å². The van der Waals surface area contributed by atoms with Gasteiger partial charge in [-0.1, -0.05) is 19.4 Å². The van der Waals surface area contributed by atoms with E-state index >= 15 is 0 Å². The van der Waals surface area contributed by atoms with Crippen LogP contribution in [0.2, 0.25) is 0 Å². The van der Waals surface area contributed by atoms with Crippen LogP contribution in [0.25, 0.3) is 0 Å². The van der Waals surface area contributed by atoms with Gasteiger partial charge in [-0.05, 0) is 37.2 Å². The Hall–Kier alpha value is -0.790. The van der Waals surface area contributed by atoms with Gasteiger partial charge in [-0.3, -0.25) is 4.79 Å². The molecule has 0 fully saturated rings. The molecule has 2 heteroatoms. The summed E-state index contributed by atoms with van der Waals surface area (Å²) in [5, 5.41) is 0. The molecule has 1 aliphatic rings. The minimum absolute atomic E-state index is 0.185. The van der Waals surface area contributed by atoms with E-state index in [4.69, 9.17) is 4.74 Å². The summed E-state index contributed by atoms with van der Waals surface area (Å²) in [7, 11) is 0. The highest BCUT2D eigenvalue weighted by Crippen LogP contribution is 2.38. The maximum atomic E-state index is 10.7. The fourth-order valence-corrected chi connectivity index (χ4v) is 2.02. The first-order chi connectivity index (χ1) is 6.41. The van der Waals surface area contributed by atoms with Gasteiger partial charge in [0.05, 0.1) is 0 Å². The van der Waals surface area contributed by atoms with Crippen molar-refractivity contribution in [1.82, 2.24) is 0 Å². The van der Waals surface area contributed by atoms with Crippen LogP contribution in [0.15, 0.2) is 11.1 Å². The van der Waals surface area contributed by atoms with Gasteiger partial charge in [-0.2, -0.15) is 0 Å². The lowest BCUT2D eigenvalue weighted by Crippen LogP contribution is -2.19. The molecular weight excluding hydrogens is 176 g/mol. The van der Waals surface area contributed by atoms with Crippen molar-refractivity contribution >= 4 is 5.97 Å². The van der Waals surface area contributed by atoms with E-state index in [0.717, 1.165) is 12.8 Å². The normalized spacial score (nSPS) is 20.9. The number of hydrogen-bond acceptors (Lipinski definition) is 2. The molecule has 0 aliphatic heterocycles. The van der Waals surface area contributed by atoms with Crippen molar-refractivity contribution in [2.75, 3.05) is 6.61 Å². The van der Waals surface area contributed by atoms with Crippen molar-refractivity contribution in [3.8, 4) is 0 Å². The molecule has 0 atom stereocenters. The topological polar surface area (TPSA) is 26.3 Å². The molecule has 80 valence electrons. The number of carbonyl (C=O) groups excluding carboxylic acids is 1. The Kier molecular flexibility index (Phi) is 3.35. The number of carbonyl (C=O) groups is 1. The van der Waals surface area contributed by atoms with E-state index in [0.29, 0.717) is 12.0 Å². The van der Waals surface area contributed by atoms with Gasteiger partial charge in [-0.25, -0.2) is 0 Å². The molecule has 0 N–H and O–H groups in total. The first kappa shape index (κ1) is 11.3. The predicted octanol–water partition coefficient (Wildman–Crippen LogP) is 3.08. The van der Waals surface area contributed by atoms with Crippen molar-refractivity contribution in [2.24, 2.45) is 5.41 Å². The molecular formula is C12H20O2.